The number of urea groups is 1. The van der Waals surface area contributed by atoms with Crippen LogP contribution in [0.15, 0.2) is 22.8 Å². The number of hydrogen-bond donors (Lipinski definition) is 3. The highest BCUT2D eigenvalue weighted by Gasteiger charge is 2.13. The molecule has 6 nitrogen and oxygen atoms in total. The Bertz CT molecular complexity index is 320. The van der Waals surface area contributed by atoms with E-state index in [9.17, 15) is 9.59 Å². The Morgan fingerprint density at radius 1 is 1.57 bits per heavy atom. The molecule has 3 N–H and O–H groups in total. The molecule has 1 unspecified atom stereocenters. The second-order valence-electron chi connectivity index (χ2n) is 2.64. The van der Waals surface area contributed by atoms with Gasteiger partial charge in [0.2, 0.25) is 5.88 Å². The summed E-state index contributed by atoms with van der Waals surface area (Å²) in [6.07, 6.45) is 1.40. The number of carbonyl (C=O) groups is 2. The Hall–Kier alpha value is -1.98. The third-order valence-corrected chi connectivity index (χ3v) is 1.48. The van der Waals surface area contributed by atoms with Gasteiger partial charge in [-0.3, -0.25) is 10.1 Å². The van der Waals surface area contributed by atoms with Gasteiger partial charge in [0, 0.05) is 6.07 Å². The Morgan fingerprint density at radius 2 is 2.29 bits per heavy atom. The van der Waals surface area contributed by atoms with Crippen molar-refractivity contribution < 1.29 is 19.1 Å². The second kappa shape index (κ2) is 4.31. The summed E-state index contributed by atoms with van der Waals surface area (Å²) in [5.41, 5.74) is 0. The number of carbonyl (C=O) groups excluding carboxylic acids is 1. The van der Waals surface area contributed by atoms with Crippen LogP contribution in [0.3, 0.4) is 0 Å². The molecule has 1 aromatic heterocycles. The maximum Gasteiger partial charge on any atom is 0.325 e. The first kappa shape index (κ1) is 10.1. The smallest absolute Gasteiger partial charge is 0.325 e. The summed E-state index contributed by atoms with van der Waals surface area (Å²) in [7, 11) is 0. The third kappa shape index (κ3) is 2.81. The Balaban J connectivity index is 2.40. The predicted octanol–water partition coefficient (Wildman–Crippen LogP) is 0.874. The van der Waals surface area contributed by atoms with Crippen LogP contribution in [0.2, 0.25) is 0 Å². The Morgan fingerprint density at radius 3 is 2.79 bits per heavy atom. The monoisotopic (exact) mass is 198 g/mol. The van der Waals surface area contributed by atoms with Gasteiger partial charge in [-0.1, -0.05) is 0 Å². The maximum absolute atomic E-state index is 11.1. The van der Waals surface area contributed by atoms with Gasteiger partial charge >= 0.3 is 12.0 Å². The van der Waals surface area contributed by atoms with Crippen molar-refractivity contribution in [2.75, 3.05) is 5.32 Å². The molecule has 1 aromatic rings. The van der Waals surface area contributed by atoms with Crippen molar-refractivity contribution >= 4 is 17.9 Å². The number of hydrogen-bond acceptors (Lipinski definition) is 3. The van der Waals surface area contributed by atoms with Crippen molar-refractivity contribution in [3.05, 3.63) is 18.4 Å². The first-order valence-electron chi connectivity index (χ1n) is 3.93. The molecule has 0 aromatic carbocycles. The molecule has 2 amide bonds. The molecule has 0 bridgehead atoms. The van der Waals surface area contributed by atoms with E-state index in [1.807, 2.05) is 0 Å². The molecule has 76 valence electrons. The van der Waals surface area contributed by atoms with Crippen molar-refractivity contribution in [1.29, 1.82) is 0 Å². The normalized spacial score (nSPS) is 11.8. The zero-order chi connectivity index (χ0) is 10.6. The molecule has 6 heteroatoms. The molecule has 0 radical (unpaired) electrons. The standard InChI is InChI=1S/C8H10N2O4/c1-5(7(11)12)9-8(13)10-6-3-2-4-14-6/h2-5H,1H3,(H,11,12)(H2,9,10,13). The number of furan rings is 1. The van der Waals surface area contributed by atoms with E-state index >= 15 is 0 Å². The number of rotatable bonds is 3. The van der Waals surface area contributed by atoms with Crippen molar-refractivity contribution in [3.63, 3.8) is 0 Å². The van der Waals surface area contributed by atoms with Gasteiger partial charge in [0.25, 0.3) is 0 Å². The van der Waals surface area contributed by atoms with Crippen molar-refractivity contribution in [3.8, 4) is 0 Å². The molecular formula is C8H10N2O4. The molecule has 0 aliphatic carbocycles. The van der Waals surface area contributed by atoms with E-state index in [1.54, 1.807) is 12.1 Å². The highest BCUT2D eigenvalue weighted by Crippen LogP contribution is 2.05. The number of aliphatic carboxylic acids is 1. The molecule has 0 fully saturated rings. The van der Waals surface area contributed by atoms with E-state index in [-0.39, 0.29) is 5.88 Å². The van der Waals surface area contributed by atoms with Crippen LogP contribution >= 0.6 is 0 Å². The fourth-order valence-electron chi connectivity index (χ4n) is 0.756. The summed E-state index contributed by atoms with van der Waals surface area (Å²) in [5, 5.41) is 13.0. The zero-order valence-electron chi connectivity index (χ0n) is 7.48. The average molecular weight is 198 g/mol. The maximum atomic E-state index is 11.1. The number of carboxylic acids is 1. The van der Waals surface area contributed by atoms with Gasteiger partial charge in [0.1, 0.15) is 6.04 Å². The first-order chi connectivity index (χ1) is 6.59. The van der Waals surface area contributed by atoms with E-state index in [0.29, 0.717) is 0 Å². The van der Waals surface area contributed by atoms with Crippen LogP contribution < -0.4 is 10.6 Å². The number of anilines is 1. The lowest BCUT2D eigenvalue weighted by molar-refractivity contribution is -0.138. The van der Waals surface area contributed by atoms with Crippen molar-refractivity contribution in [1.82, 2.24) is 5.32 Å². The second-order valence-corrected chi connectivity index (χ2v) is 2.64. The molecule has 0 saturated heterocycles. The molecule has 1 atom stereocenters. The van der Waals surface area contributed by atoms with Gasteiger partial charge in [-0.2, -0.15) is 0 Å². The largest absolute Gasteiger partial charge is 0.480 e. The van der Waals surface area contributed by atoms with Crippen LogP contribution in [0.1, 0.15) is 6.92 Å². The first-order valence-corrected chi connectivity index (χ1v) is 3.93. The van der Waals surface area contributed by atoms with Gasteiger partial charge in [-0.05, 0) is 13.0 Å². The summed E-state index contributed by atoms with van der Waals surface area (Å²) in [6, 6.07) is 1.60. The summed E-state index contributed by atoms with van der Waals surface area (Å²) in [6.45, 7) is 1.37. The van der Waals surface area contributed by atoms with E-state index in [0.717, 1.165) is 0 Å². The number of amides is 2. The lowest BCUT2D eigenvalue weighted by atomic mass is 10.3. The predicted molar refractivity (Wildman–Crippen MR) is 48.0 cm³/mol. The van der Waals surface area contributed by atoms with Crippen LogP contribution in [0.5, 0.6) is 0 Å². The molecule has 0 aliphatic heterocycles. The number of carboxylic acid groups (broad SMARTS) is 1. The molecule has 0 spiro atoms. The fraction of sp³-hybridized carbons (Fsp3) is 0.250. The van der Waals surface area contributed by atoms with Crippen LogP contribution in [0.4, 0.5) is 10.7 Å². The summed E-state index contributed by atoms with van der Waals surface area (Å²) < 4.78 is 4.83. The molecule has 0 saturated carbocycles. The summed E-state index contributed by atoms with van der Waals surface area (Å²) in [4.78, 5) is 21.5. The van der Waals surface area contributed by atoms with E-state index in [2.05, 4.69) is 10.6 Å². The summed E-state index contributed by atoms with van der Waals surface area (Å²) in [5.74, 6) is -0.834. The molecule has 0 aliphatic rings. The van der Waals surface area contributed by atoms with E-state index in [4.69, 9.17) is 9.52 Å². The molecule has 1 heterocycles. The van der Waals surface area contributed by atoms with Gasteiger partial charge < -0.3 is 14.8 Å². The van der Waals surface area contributed by atoms with Gasteiger partial charge in [0.15, 0.2) is 0 Å². The Kier molecular flexibility index (Phi) is 3.11. The molecular weight excluding hydrogens is 188 g/mol. The van der Waals surface area contributed by atoms with Crippen molar-refractivity contribution in [2.45, 2.75) is 13.0 Å². The topological polar surface area (TPSA) is 91.6 Å². The Labute approximate surface area is 79.9 Å². The van der Waals surface area contributed by atoms with Crippen LogP contribution in [0, 0.1) is 0 Å². The van der Waals surface area contributed by atoms with E-state index < -0.39 is 18.0 Å². The lowest BCUT2D eigenvalue weighted by Crippen LogP contribution is -2.40. The molecule has 1 rings (SSSR count). The molecule has 14 heavy (non-hydrogen) atoms. The third-order valence-electron chi connectivity index (χ3n) is 1.48. The van der Waals surface area contributed by atoms with E-state index in [1.165, 1.54) is 13.2 Å². The van der Waals surface area contributed by atoms with Gasteiger partial charge in [-0.15, -0.1) is 0 Å². The lowest BCUT2D eigenvalue weighted by Gasteiger charge is -2.08. The van der Waals surface area contributed by atoms with Crippen LogP contribution in [-0.4, -0.2) is 23.1 Å². The van der Waals surface area contributed by atoms with Crippen LogP contribution in [-0.2, 0) is 4.79 Å². The van der Waals surface area contributed by atoms with Crippen LogP contribution in [0.25, 0.3) is 0 Å². The highest BCUT2D eigenvalue weighted by molar-refractivity contribution is 5.90. The quantitative estimate of drug-likeness (QED) is 0.672. The highest BCUT2D eigenvalue weighted by atomic mass is 16.4. The summed E-state index contributed by atoms with van der Waals surface area (Å²) >= 11 is 0. The number of nitrogens with one attached hydrogen (secondary N) is 2. The SMILES string of the molecule is CC(NC(=O)Nc1ccco1)C(=O)O. The fourth-order valence-corrected chi connectivity index (χ4v) is 0.756. The van der Waals surface area contributed by atoms with Gasteiger partial charge in [0.05, 0.1) is 6.26 Å². The minimum atomic E-state index is -1.10. The minimum absolute atomic E-state index is 0.264. The minimum Gasteiger partial charge on any atom is -0.480 e. The average Bonchev–Trinajstić information content (AvgIpc) is 2.56. The zero-order valence-corrected chi connectivity index (χ0v) is 7.48. The van der Waals surface area contributed by atoms with Gasteiger partial charge in [-0.25, -0.2) is 4.79 Å². The van der Waals surface area contributed by atoms with Crippen molar-refractivity contribution in [2.24, 2.45) is 0 Å².